The zero-order valence-electron chi connectivity index (χ0n) is 23.4. The summed E-state index contributed by atoms with van der Waals surface area (Å²) in [5.41, 5.74) is 2.52. The molecule has 10 nitrogen and oxygen atoms in total. The number of fused-ring (bicyclic) bond motifs is 1. The standard InChI is InChI=1S/C30H35N3O7S/c1-4-32-41(36,37)26-13-7-22(8-14-26)10-16-29(34)33(19-23-5-11-25(38-3)12-6-23)21(2)30(35)31-18-24-9-15-27-28(17-24)40-20-39-27/h5-9,11-15,17,21,32H,4,10,16,18-20H2,1-3H3,(H,31,35)/t21-/m1/s1. The molecule has 0 bridgehead atoms. The highest BCUT2D eigenvalue weighted by Crippen LogP contribution is 2.32. The van der Waals surface area contributed by atoms with E-state index in [-0.39, 0.29) is 43.0 Å². The molecular formula is C30H35N3O7S. The molecule has 0 spiro atoms. The van der Waals surface area contributed by atoms with Gasteiger partial charge in [-0.1, -0.05) is 37.3 Å². The van der Waals surface area contributed by atoms with Crippen molar-refractivity contribution in [2.75, 3.05) is 20.4 Å². The van der Waals surface area contributed by atoms with Crippen LogP contribution in [0.25, 0.3) is 0 Å². The molecule has 0 radical (unpaired) electrons. The number of nitrogens with zero attached hydrogens (tertiary/aromatic N) is 1. The first-order valence-corrected chi connectivity index (χ1v) is 14.9. The molecular weight excluding hydrogens is 546 g/mol. The third kappa shape index (κ3) is 7.77. The number of rotatable bonds is 13. The van der Waals surface area contributed by atoms with Gasteiger partial charge in [-0.2, -0.15) is 0 Å². The lowest BCUT2D eigenvalue weighted by Gasteiger charge is -2.29. The summed E-state index contributed by atoms with van der Waals surface area (Å²) in [5, 5.41) is 2.92. The smallest absolute Gasteiger partial charge is 0.242 e. The zero-order chi connectivity index (χ0) is 29.4. The van der Waals surface area contributed by atoms with Crippen LogP contribution in [0, 0.1) is 0 Å². The molecule has 0 unspecified atom stereocenters. The number of ether oxygens (including phenoxy) is 3. The van der Waals surface area contributed by atoms with Crippen LogP contribution in [-0.4, -0.2) is 51.6 Å². The minimum atomic E-state index is -3.55. The van der Waals surface area contributed by atoms with Crippen molar-refractivity contribution >= 4 is 21.8 Å². The molecule has 1 aliphatic heterocycles. The Bertz CT molecular complexity index is 1460. The minimum Gasteiger partial charge on any atom is -0.497 e. The molecule has 11 heteroatoms. The van der Waals surface area contributed by atoms with Gasteiger partial charge in [0.25, 0.3) is 0 Å². The van der Waals surface area contributed by atoms with Gasteiger partial charge in [0.2, 0.25) is 28.6 Å². The lowest BCUT2D eigenvalue weighted by molar-refractivity contribution is -0.140. The highest BCUT2D eigenvalue weighted by atomic mass is 32.2. The summed E-state index contributed by atoms with van der Waals surface area (Å²) < 4.78 is 42.9. The molecule has 1 heterocycles. The van der Waals surface area contributed by atoms with Crippen LogP contribution in [0.15, 0.2) is 71.6 Å². The number of benzene rings is 3. The van der Waals surface area contributed by atoms with E-state index in [1.165, 1.54) is 12.1 Å². The Hall–Kier alpha value is -4.09. The fraction of sp³-hybridized carbons (Fsp3) is 0.333. The maximum absolute atomic E-state index is 13.5. The van der Waals surface area contributed by atoms with E-state index >= 15 is 0 Å². The van der Waals surface area contributed by atoms with E-state index in [2.05, 4.69) is 10.0 Å². The fourth-order valence-corrected chi connectivity index (χ4v) is 5.44. The van der Waals surface area contributed by atoms with Gasteiger partial charge in [0.05, 0.1) is 12.0 Å². The van der Waals surface area contributed by atoms with Crippen molar-refractivity contribution in [3.05, 3.63) is 83.4 Å². The van der Waals surface area contributed by atoms with Gasteiger partial charge in [-0.3, -0.25) is 9.59 Å². The van der Waals surface area contributed by atoms with Crippen molar-refractivity contribution in [2.45, 2.75) is 50.7 Å². The van der Waals surface area contributed by atoms with Gasteiger partial charge < -0.3 is 24.4 Å². The number of hydrogen-bond donors (Lipinski definition) is 2. The van der Waals surface area contributed by atoms with Crippen molar-refractivity contribution in [1.29, 1.82) is 0 Å². The van der Waals surface area contributed by atoms with Crippen molar-refractivity contribution in [3.8, 4) is 17.2 Å². The number of aryl methyl sites for hydroxylation is 1. The summed E-state index contributed by atoms with van der Waals surface area (Å²) in [6.07, 6.45) is 0.542. The summed E-state index contributed by atoms with van der Waals surface area (Å²) in [6, 6.07) is 18.5. The summed E-state index contributed by atoms with van der Waals surface area (Å²) >= 11 is 0. The predicted octanol–water partition coefficient (Wildman–Crippen LogP) is 3.39. The van der Waals surface area contributed by atoms with Gasteiger partial charge in [-0.05, 0) is 66.4 Å². The number of sulfonamides is 1. The normalized spacial score (nSPS) is 13.0. The molecule has 0 aromatic heterocycles. The quantitative estimate of drug-likeness (QED) is 0.317. The zero-order valence-corrected chi connectivity index (χ0v) is 24.2. The molecule has 0 saturated carbocycles. The van der Waals surface area contributed by atoms with Crippen LogP contribution in [-0.2, 0) is 39.1 Å². The Kier molecular flexibility index (Phi) is 9.85. The molecule has 0 saturated heterocycles. The molecule has 2 N–H and O–H groups in total. The van der Waals surface area contributed by atoms with Gasteiger partial charge in [0.1, 0.15) is 11.8 Å². The second-order valence-electron chi connectivity index (χ2n) is 9.60. The molecule has 218 valence electrons. The van der Waals surface area contributed by atoms with Crippen molar-refractivity contribution < 1.29 is 32.2 Å². The average molecular weight is 582 g/mol. The van der Waals surface area contributed by atoms with Crippen LogP contribution in [0.1, 0.15) is 37.0 Å². The number of nitrogens with one attached hydrogen (secondary N) is 2. The van der Waals surface area contributed by atoms with E-state index in [4.69, 9.17) is 14.2 Å². The van der Waals surface area contributed by atoms with E-state index in [0.717, 1.165) is 16.7 Å². The van der Waals surface area contributed by atoms with Crippen LogP contribution < -0.4 is 24.2 Å². The SMILES string of the molecule is CCNS(=O)(=O)c1ccc(CCC(=O)N(Cc2ccc(OC)cc2)[C@H](C)C(=O)NCc2ccc3c(c2)OCO3)cc1. The van der Waals surface area contributed by atoms with E-state index in [1.807, 2.05) is 36.4 Å². The van der Waals surface area contributed by atoms with Gasteiger partial charge in [-0.15, -0.1) is 0 Å². The molecule has 0 aliphatic carbocycles. The topological polar surface area (TPSA) is 123 Å². The van der Waals surface area contributed by atoms with Crippen molar-refractivity contribution in [1.82, 2.24) is 14.9 Å². The number of amides is 2. The largest absolute Gasteiger partial charge is 0.497 e. The Morgan fingerprint density at radius 3 is 2.29 bits per heavy atom. The predicted molar refractivity (Wildman–Crippen MR) is 153 cm³/mol. The maximum atomic E-state index is 13.5. The summed E-state index contributed by atoms with van der Waals surface area (Å²) in [5.74, 6) is 1.51. The van der Waals surface area contributed by atoms with Gasteiger partial charge >= 0.3 is 0 Å². The van der Waals surface area contributed by atoms with Gasteiger partial charge in [0.15, 0.2) is 11.5 Å². The first-order chi connectivity index (χ1) is 19.7. The molecule has 4 rings (SSSR count). The van der Waals surface area contributed by atoms with Crippen molar-refractivity contribution in [3.63, 3.8) is 0 Å². The third-order valence-electron chi connectivity index (χ3n) is 6.78. The third-order valence-corrected chi connectivity index (χ3v) is 8.34. The second kappa shape index (κ2) is 13.5. The first kappa shape index (κ1) is 29.9. The summed E-state index contributed by atoms with van der Waals surface area (Å²) in [7, 11) is -1.97. The first-order valence-electron chi connectivity index (χ1n) is 13.4. The summed E-state index contributed by atoms with van der Waals surface area (Å²) in [4.78, 5) is 28.4. The van der Waals surface area contributed by atoms with Crippen LogP contribution in [0.2, 0.25) is 0 Å². The summed E-state index contributed by atoms with van der Waals surface area (Å²) in [6.45, 7) is 4.40. The van der Waals surface area contributed by atoms with E-state index < -0.39 is 16.1 Å². The fourth-order valence-electron chi connectivity index (χ4n) is 4.40. The van der Waals surface area contributed by atoms with E-state index in [9.17, 15) is 18.0 Å². The van der Waals surface area contributed by atoms with Crippen LogP contribution in [0.3, 0.4) is 0 Å². The maximum Gasteiger partial charge on any atom is 0.242 e. The average Bonchev–Trinajstić information content (AvgIpc) is 3.45. The van der Waals surface area contributed by atoms with Crippen LogP contribution in [0.4, 0.5) is 0 Å². The Balaban J connectivity index is 1.43. The molecule has 41 heavy (non-hydrogen) atoms. The highest BCUT2D eigenvalue weighted by molar-refractivity contribution is 7.89. The molecule has 1 aliphatic rings. The number of methoxy groups -OCH3 is 1. The molecule has 3 aromatic carbocycles. The van der Waals surface area contributed by atoms with Crippen LogP contribution >= 0.6 is 0 Å². The van der Waals surface area contributed by atoms with E-state index in [1.54, 1.807) is 44.1 Å². The number of carbonyl (C=O) groups excluding carboxylic acids is 2. The molecule has 3 aromatic rings. The monoisotopic (exact) mass is 581 g/mol. The van der Waals surface area contributed by atoms with Gasteiger partial charge in [0, 0.05) is 26.1 Å². The van der Waals surface area contributed by atoms with Crippen LogP contribution in [0.5, 0.6) is 17.2 Å². The van der Waals surface area contributed by atoms with Gasteiger partial charge in [-0.25, -0.2) is 13.1 Å². The van der Waals surface area contributed by atoms with E-state index in [0.29, 0.717) is 30.2 Å². The molecule has 0 fully saturated rings. The highest BCUT2D eigenvalue weighted by Gasteiger charge is 2.26. The number of carbonyl (C=O) groups is 2. The van der Waals surface area contributed by atoms with Crippen molar-refractivity contribution in [2.24, 2.45) is 0 Å². The Labute approximate surface area is 240 Å². The second-order valence-corrected chi connectivity index (χ2v) is 11.4. The molecule has 2 amide bonds. The Morgan fingerprint density at radius 1 is 0.951 bits per heavy atom. The lowest BCUT2D eigenvalue weighted by Crippen LogP contribution is -2.47. The lowest BCUT2D eigenvalue weighted by atomic mass is 10.1. The minimum absolute atomic E-state index is 0.148. The number of hydrogen-bond acceptors (Lipinski definition) is 7. The molecule has 1 atom stereocenters. The Morgan fingerprint density at radius 2 is 1.61 bits per heavy atom.